The molecule has 1 aromatic heterocycles. The van der Waals surface area contributed by atoms with Crippen LogP contribution in [0, 0.1) is 0 Å². The Labute approximate surface area is 189 Å². The number of rotatable bonds is 3. The fourth-order valence-electron chi connectivity index (χ4n) is 3.93. The van der Waals surface area contributed by atoms with Crippen LogP contribution in [0.5, 0.6) is 0 Å². The number of aryl methyl sites for hydroxylation is 1. The SMILES string of the molecule is CCCCc1ccc2sc3cc4cc5cc(Br)c(Br)cc5cc4cc3c(=O)c2c1. The largest absolute Gasteiger partial charge is 0.289 e. The summed E-state index contributed by atoms with van der Waals surface area (Å²) < 4.78 is 4.18. The van der Waals surface area contributed by atoms with Gasteiger partial charge in [-0.05, 0) is 120 Å². The lowest BCUT2D eigenvalue weighted by Gasteiger charge is -2.08. The van der Waals surface area contributed by atoms with E-state index in [1.165, 1.54) is 10.9 Å². The zero-order valence-corrected chi connectivity index (χ0v) is 19.9. The molecule has 0 bridgehead atoms. The Morgan fingerprint density at radius 1 is 0.759 bits per heavy atom. The molecule has 0 aliphatic heterocycles. The molecule has 5 rings (SSSR count). The van der Waals surface area contributed by atoms with E-state index in [0.717, 1.165) is 64.5 Å². The highest BCUT2D eigenvalue weighted by atomic mass is 79.9. The Morgan fingerprint density at radius 3 is 2.07 bits per heavy atom. The van der Waals surface area contributed by atoms with Crippen molar-refractivity contribution in [1.82, 2.24) is 0 Å². The molecule has 0 aliphatic carbocycles. The third-order valence-electron chi connectivity index (χ3n) is 5.51. The van der Waals surface area contributed by atoms with Crippen molar-refractivity contribution in [2.75, 3.05) is 0 Å². The number of halogens is 2. The van der Waals surface area contributed by atoms with Crippen LogP contribution in [0.25, 0.3) is 41.7 Å². The summed E-state index contributed by atoms with van der Waals surface area (Å²) in [4.78, 5) is 13.3. The first-order valence-electron chi connectivity index (χ1n) is 9.75. The number of hydrogen-bond donors (Lipinski definition) is 0. The molecule has 144 valence electrons. The first kappa shape index (κ1) is 19.2. The summed E-state index contributed by atoms with van der Waals surface area (Å²) in [6, 6.07) is 19.2. The van der Waals surface area contributed by atoms with Crippen LogP contribution < -0.4 is 5.43 Å². The fourth-order valence-corrected chi connectivity index (χ4v) is 5.73. The lowest BCUT2D eigenvalue weighted by Crippen LogP contribution is -2.02. The minimum Gasteiger partial charge on any atom is -0.289 e. The molecule has 0 aliphatic rings. The Bertz CT molecular complexity index is 1480. The van der Waals surface area contributed by atoms with E-state index < -0.39 is 0 Å². The molecule has 0 saturated carbocycles. The van der Waals surface area contributed by atoms with Crippen molar-refractivity contribution in [1.29, 1.82) is 0 Å². The fraction of sp³-hybridized carbons (Fsp3) is 0.160. The van der Waals surface area contributed by atoms with Crippen LogP contribution in [0.15, 0.2) is 68.3 Å². The summed E-state index contributed by atoms with van der Waals surface area (Å²) in [5, 5.41) is 6.27. The van der Waals surface area contributed by atoms with Crippen LogP contribution in [0.4, 0.5) is 0 Å². The molecule has 0 fully saturated rings. The van der Waals surface area contributed by atoms with Gasteiger partial charge in [0.05, 0.1) is 0 Å². The standard InChI is InChI=1S/C25H18Br2OS/c1-2-3-4-14-5-6-23-19(7-14)25(28)20-10-15-8-16-11-21(26)22(27)12-17(16)9-18(15)13-24(20)29-23/h5-13H,2-4H2,1H3. The average Bonchev–Trinajstić information content (AvgIpc) is 2.71. The van der Waals surface area contributed by atoms with Crippen molar-refractivity contribution in [3.05, 3.63) is 79.3 Å². The Morgan fingerprint density at radius 2 is 1.38 bits per heavy atom. The average molecular weight is 526 g/mol. The molecule has 0 radical (unpaired) electrons. The summed E-state index contributed by atoms with van der Waals surface area (Å²) in [6.45, 7) is 2.20. The number of unbranched alkanes of at least 4 members (excludes halogenated alkanes) is 1. The van der Waals surface area contributed by atoms with Crippen molar-refractivity contribution < 1.29 is 0 Å². The third-order valence-corrected chi connectivity index (χ3v) is 8.48. The molecule has 29 heavy (non-hydrogen) atoms. The van der Waals surface area contributed by atoms with Gasteiger partial charge in [0, 0.05) is 29.1 Å². The van der Waals surface area contributed by atoms with Gasteiger partial charge >= 0.3 is 0 Å². The van der Waals surface area contributed by atoms with E-state index in [2.05, 4.69) is 93.4 Å². The van der Waals surface area contributed by atoms with Gasteiger partial charge < -0.3 is 0 Å². The second kappa shape index (κ2) is 7.50. The molecule has 0 spiro atoms. The summed E-state index contributed by atoms with van der Waals surface area (Å²) in [6.07, 6.45) is 3.35. The van der Waals surface area contributed by atoms with Gasteiger partial charge in [-0.1, -0.05) is 19.4 Å². The van der Waals surface area contributed by atoms with Gasteiger partial charge in [0.25, 0.3) is 0 Å². The smallest absolute Gasteiger partial charge is 0.195 e. The Kier molecular flexibility index (Phi) is 4.97. The Balaban J connectivity index is 1.78. The quantitative estimate of drug-likeness (QED) is 0.215. The number of fused-ring (bicyclic) bond motifs is 4. The maximum Gasteiger partial charge on any atom is 0.195 e. The molecule has 0 saturated heterocycles. The van der Waals surface area contributed by atoms with Gasteiger partial charge in [-0.25, -0.2) is 0 Å². The maximum atomic E-state index is 13.3. The number of hydrogen-bond acceptors (Lipinski definition) is 2. The molecule has 5 aromatic rings. The summed E-state index contributed by atoms with van der Waals surface area (Å²) in [5.41, 5.74) is 1.40. The molecule has 0 atom stereocenters. The zero-order valence-electron chi connectivity index (χ0n) is 15.9. The minimum atomic E-state index is 0.145. The monoisotopic (exact) mass is 524 g/mol. The van der Waals surface area contributed by atoms with Crippen LogP contribution in [-0.2, 0) is 6.42 Å². The van der Waals surface area contributed by atoms with Crippen LogP contribution in [0.1, 0.15) is 25.3 Å². The van der Waals surface area contributed by atoms with E-state index in [9.17, 15) is 4.79 Å². The third kappa shape index (κ3) is 3.41. The highest BCUT2D eigenvalue weighted by Crippen LogP contribution is 2.34. The van der Waals surface area contributed by atoms with Gasteiger partial charge in [-0.3, -0.25) is 4.79 Å². The Hall–Kier alpha value is -1.75. The van der Waals surface area contributed by atoms with E-state index in [-0.39, 0.29) is 5.43 Å². The highest BCUT2D eigenvalue weighted by Gasteiger charge is 2.10. The summed E-state index contributed by atoms with van der Waals surface area (Å²) in [5.74, 6) is 0. The van der Waals surface area contributed by atoms with E-state index in [0.29, 0.717) is 0 Å². The molecule has 4 heteroatoms. The topological polar surface area (TPSA) is 17.1 Å². The van der Waals surface area contributed by atoms with Crippen molar-refractivity contribution in [3.8, 4) is 0 Å². The molecule has 0 unspecified atom stereocenters. The normalized spacial score (nSPS) is 11.8. The first-order chi connectivity index (χ1) is 14.0. The lowest BCUT2D eigenvalue weighted by atomic mass is 10.0. The lowest BCUT2D eigenvalue weighted by molar-refractivity contribution is 0.796. The molecule has 4 aromatic carbocycles. The van der Waals surface area contributed by atoms with E-state index in [1.807, 2.05) is 0 Å². The van der Waals surface area contributed by atoms with Crippen LogP contribution in [-0.4, -0.2) is 0 Å². The number of benzene rings is 4. The van der Waals surface area contributed by atoms with Crippen LogP contribution >= 0.6 is 43.2 Å². The van der Waals surface area contributed by atoms with Gasteiger partial charge in [0.15, 0.2) is 5.43 Å². The molecule has 0 amide bonds. The van der Waals surface area contributed by atoms with E-state index in [1.54, 1.807) is 11.3 Å². The predicted molar refractivity (Wildman–Crippen MR) is 135 cm³/mol. The van der Waals surface area contributed by atoms with Crippen molar-refractivity contribution in [2.24, 2.45) is 0 Å². The minimum absolute atomic E-state index is 0.145. The highest BCUT2D eigenvalue weighted by molar-refractivity contribution is 9.13. The van der Waals surface area contributed by atoms with Gasteiger partial charge in [-0.15, -0.1) is 11.3 Å². The van der Waals surface area contributed by atoms with E-state index in [4.69, 9.17) is 0 Å². The summed E-state index contributed by atoms with van der Waals surface area (Å²) in [7, 11) is 0. The van der Waals surface area contributed by atoms with Crippen LogP contribution in [0.2, 0.25) is 0 Å². The van der Waals surface area contributed by atoms with Gasteiger partial charge in [0.2, 0.25) is 0 Å². The summed E-state index contributed by atoms with van der Waals surface area (Å²) >= 11 is 8.89. The van der Waals surface area contributed by atoms with Crippen molar-refractivity contribution in [3.63, 3.8) is 0 Å². The van der Waals surface area contributed by atoms with Gasteiger partial charge in [0.1, 0.15) is 0 Å². The van der Waals surface area contributed by atoms with Crippen molar-refractivity contribution in [2.45, 2.75) is 26.2 Å². The molecule has 1 heterocycles. The molecule has 1 nitrogen and oxygen atoms in total. The predicted octanol–water partition coefficient (Wildman–Crippen LogP) is 8.59. The van der Waals surface area contributed by atoms with E-state index >= 15 is 0 Å². The van der Waals surface area contributed by atoms with Crippen LogP contribution in [0.3, 0.4) is 0 Å². The second-order valence-corrected chi connectivity index (χ2v) is 10.3. The molecular weight excluding hydrogens is 508 g/mol. The van der Waals surface area contributed by atoms with Gasteiger partial charge in [-0.2, -0.15) is 0 Å². The first-order valence-corrected chi connectivity index (χ1v) is 12.2. The molecule has 0 N–H and O–H groups in total. The zero-order chi connectivity index (χ0) is 20.1. The maximum absolute atomic E-state index is 13.3. The molecular formula is C25H18Br2OS. The van der Waals surface area contributed by atoms with Crippen molar-refractivity contribution >= 4 is 84.9 Å². The second-order valence-electron chi connectivity index (χ2n) is 7.53.